The van der Waals surface area contributed by atoms with Crippen molar-refractivity contribution in [1.82, 2.24) is 5.16 Å². The molecule has 0 radical (unpaired) electrons. The highest BCUT2D eigenvalue weighted by Crippen LogP contribution is 2.33. The Bertz CT molecular complexity index is 768. The lowest BCUT2D eigenvalue weighted by Gasteiger charge is -2.02. The fourth-order valence-corrected chi connectivity index (χ4v) is 2.41. The Morgan fingerprint density at radius 2 is 1.81 bits per heavy atom. The van der Waals surface area contributed by atoms with Crippen LogP contribution in [0.2, 0.25) is 0 Å². The van der Waals surface area contributed by atoms with Crippen LogP contribution in [0.1, 0.15) is 5.56 Å². The second-order valence-electron chi connectivity index (χ2n) is 4.48. The van der Waals surface area contributed by atoms with Gasteiger partial charge in [0, 0.05) is 15.6 Å². The number of aromatic nitrogens is 1. The summed E-state index contributed by atoms with van der Waals surface area (Å²) in [6, 6.07) is 13.7. The average molecular weight is 348 g/mol. The van der Waals surface area contributed by atoms with Crippen molar-refractivity contribution in [2.45, 2.75) is 6.61 Å². The van der Waals surface area contributed by atoms with Gasteiger partial charge in [0.15, 0.2) is 5.76 Å². The third-order valence-electron chi connectivity index (χ3n) is 3.18. The maximum atomic E-state index is 13.9. The first kappa shape index (κ1) is 14.0. The summed E-state index contributed by atoms with van der Waals surface area (Å²) in [5.41, 5.74) is 1.89. The summed E-state index contributed by atoms with van der Waals surface area (Å²) < 4.78 is 20.2. The van der Waals surface area contributed by atoms with Crippen LogP contribution in [0.15, 0.2) is 57.5 Å². The van der Waals surface area contributed by atoms with E-state index in [1.165, 1.54) is 6.07 Å². The minimum Gasteiger partial charge on any atom is -0.391 e. The number of benzene rings is 2. The van der Waals surface area contributed by atoms with Crippen molar-refractivity contribution >= 4 is 15.9 Å². The SMILES string of the molecule is OCc1c(-c2ccccc2F)noc1-c1ccc(Br)cc1. The van der Waals surface area contributed by atoms with Crippen LogP contribution >= 0.6 is 15.9 Å². The Kier molecular flexibility index (Phi) is 3.86. The van der Waals surface area contributed by atoms with Crippen LogP contribution in [0, 0.1) is 5.82 Å². The Balaban J connectivity index is 2.13. The first-order valence-corrected chi connectivity index (χ1v) is 7.10. The van der Waals surface area contributed by atoms with Crippen LogP contribution in [-0.2, 0) is 6.61 Å². The van der Waals surface area contributed by atoms with Crippen molar-refractivity contribution < 1.29 is 14.0 Å². The molecule has 1 heterocycles. The van der Waals surface area contributed by atoms with Gasteiger partial charge in [-0.25, -0.2) is 4.39 Å². The number of nitrogens with zero attached hydrogens (tertiary/aromatic N) is 1. The topological polar surface area (TPSA) is 46.3 Å². The van der Waals surface area contributed by atoms with E-state index in [4.69, 9.17) is 4.52 Å². The summed E-state index contributed by atoms with van der Waals surface area (Å²) >= 11 is 3.36. The van der Waals surface area contributed by atoms with Crippen molar-refractivity contribution in [3.8, 4) is 22.6 Å². The van der Waals surface area contributed by atoms with Crippen molar-refractivity contribution in [3.63, 3.8) is 0 Å². The number of hydrogen-bond acceptors (Lipinski definition) is 3. The van der Waals surface area contributed by atoms with Gasteiger partial charge in [-0.3, -0.25) is 0 Å². The predicted octanol–water partition coefficient (Wildman–Crippen LogP) is 4.40. The molecule has 0 saturated carbocycles. The second-order valence-corrected chi connectivity index (χ2v) is 5.40. The molecule has 0 aliphatic rings. The molecule has 0 fully saturated rings. The van der Waals surface area contributed by atoms with Gasteiger partial charge in [0.2, 0.25) is 0 Å². The molecule has 21 heavy (non-hydrogen) atoms. The Labute approximate surface area is 129 Å². The number of rotatable bonds is 3. The molecule has 2 aromatic carbocycles. The summed E-state index contributed by atoms with van der Waals surface area (Å²) in [7, 11) is 0. The average Bonchev–Trinajstić information content (AvgIpc) is 2.92. The second kappa shape index (κ2) is 5.79. The zero-order valence-corrected chi connectivity index (χ0v) is 12.5. The number of aliphatic hydroxyl groups excluding tert-OH is 1. The van der Waals surface area contributed by atoms with Gasteiger partial charge in [0.25, 0.3) is 0 Å². The molecule has 0 aliphatic heterocycles. The predicted molar refractivity (Wildman–Crippen MR) is 81.0 cm³/mol. The van der Waals surface area contributed by atoms with Gasteiger partial charge in [0.05, 0.1) is 12.2 Å². The van der Waals surface area contributed by atoms with E-state index >= 15 is 0 Å². The van der Waals surface area contributed by atoms with Gasteiger partial charge in [-0.1, -0.05) is 45.4 Å². The lowest BCUT2D eigenvalue weighted by molar-refractivity contribution is 0.281. The van der Waals surface area contributed by atoms with Gasteiger partial charge in [0.1, 0.15) is 11.5 Å². The fraction of sp³-hybridized carbons (Fsp3) is 0.0625. The highest BCUT2D eigenvalue weighted by molar-refractivity contribution is 9.10. The largest absolute Gasteiger partial charge is 0.391 e. The highest BCUT2D eigenvalue weighted by atomic mass is 79.9. The summed E-state index contributed by atoms with van der Waals surface area (Å²) in [5.74, 6) is 0.0473. The summed E-state index contributed by atoms with van der Waals surface area (Å²) in [6.45, 7) is -0.279. The van der Waals surface area contributed by atoms with Gasteiger partial charge in [-0.05, 0) is 24.3 Å². The zero-order valence-electron chi connectivity index (χ0n) is 10.9. The molecular weight excluding hydrogens is 337 g/mol. The lowest BCUT2D eigenvalue weighted by Crippen LogP contribution is -1.91. The zero-order chi connectivity index (χ0) is 14.8. The highest BCUT2D eigenvalue weighted by Gasteiger charge is 2.20. The Morgan fingerprint density at radius 3 is 2.48 bits per heavy atom. The van der Waals surface area contributed by atoms with Crippen LogP contribution in [-0.4, -0.2) is 10.3 Å². The molecule has 0 amide bonds. The van der Waals surface area contributed by atoms with Gasteiger partial charge < -0.3 is 9.63 Å². The smallest absolute Gasteiger partial charge is 0.173 e. The van der Waals surface area contributed by atoms with Crippen LogP contribution in [0.4, 0.5) is 4.39 Å². The Morgan fingerprint density at radius 1 is 1.10 bits per heavy atom. The molecule has 0 unspecified atom stereocenters. The molecule has 106 valence electrons. The van der Waals surface area contributed by atoms with Crippen LogP contribution in [0.3, 0.4) is 0 Å². The molecule has 0 spiro atoms. The number of halogens is 2. The van der Waals surface area contributed by atoms with E-state index in [9.17, 15) is 9.50 Å². The molecule has 3 nitrogen and oxygen atoms in total. The first-order chi connectivity index (χ1) is 10.2. The van der Waals surface area contributed by atoms with Gasteiger partial charge in [-0.2, -0.15) is 0 Å². The molecule has 3 aromatic rings. The molecule has 0 bridgehead atoms. The summed E-state index contributed by atoms with van der Waals surface area (Å²) in [5, 5.41) is 13.6. The molecule has 0 atom stereocenters. The molecule has 3 rings (SSSR count). The third-order valence-corrected chi connectivity index (χ3v) is 3.71. The van der Waals surface area contributed by atoms with Crippen molar-refractivity contribution in [2.75, 3.05) is 0 Å². The first-order valence-electron chi connectivity index (χ1n) is 6.31. The maximum Gasteiger partial charge on any atom is 0.173 e. The van der Waals surface area contributed by atoms with E-state index in [0.717, 1.165) is 10.0 Å². The standard InChI is InChI=1S/C16H11BrFNO2/c17-11-7-5-10(6-8-11)16-13(9-20)15(19-21-16)12-3-1-2-4-14(12)18/h1-8,20H,9H2. The lowest BCUT2D eigenvalue weighted by atomic mass is 10.0. The molecule has 5 heteroatoms. The molecule has 1 N–H and O–H groups in total. The van der Waals surface area contributed by atoms with Crippen LogP contribution in [0.25, 0.3) is 22.6 Å². The van der Waals surface area contributed by atoms with Crippen molar-refractivity contribution in [3.05, 3.63) is 64.4 Å². The number of aliphatic hydroxyl groups is 1. The van der Waals surface area contributed by atoms with Gasteiger partial charge in [-0.15, -0.1) is 0 Å². The van der Waals surface area contributed by atoms with Crippen LogP contribution in [0.5, 0.6) is 0 Å². The van der Waals surface area contributed by atoms with E-state index in [-0.39, 0.29) is 6.61 Å². The summed E-state index contributed by atoms with van der Waals surface area (Å²) in [4.78, 5) is 0. The maximum absolute atomic E-state index is 13.9. The summed E-state index contributed by atoms with van der Waals surface area (Å²) in [6.07, 6.45) is 0. The van der Waals surface area contributed by atoms with E-state index < -0.39 is 5.82 Å². The number of hydrogen-bond donors (Lipinski definition) is 1. The van der Waals surface area contributed by atoms with Crippen molar-refractivity contribution in [2.24, 2.45) is 0 Å². The normalized spacial score (nSPS) is 10.8. The van der Waals surface area contributed by atoms with E-state index in [1.807, 2.05) is 24.3 Å². The van der Waals surface area contributed by atoms with E-state index in [1.54, 1.807) is 18.2 Å². The molecule has 1 aromatic heterocycles. The van der Waals surface area contributed by atoms with E-state index in [0.29, 0.717) is 22.6 Å². The third kappa shape index (κ3) is 2.62. The minimum absolute atomic E-state index is 0.279. The van der Waals surface area contributed by atoms with Crippen molar-refractivity contribution in [1.29, 1.82) is 0 Å². The van der Waals surface area contributed by atoms with Crippen LogP contribution < -0.4 is 0 Å². The minimum atomic E-state index is -0.400. The van der Waals surface area contributed by atoms with E-state index in [2.05, 4.69) is 21.1 Å². The fourth-order valence-electron chi connectivity index (χ4n) is 2.15. The molecule has 0 saturated heterocycles. The molecule has 0 aliphatic carbocycles. The van der Waals surface area contributed by atoms with Gasteiger partial charge >= 0.3 is 0 Å². The molecular formula is C16H11BrFNO2. The Hall–Kier alpha value is -1.98. The quantitative estimate of drug-likeness (QED) is 0.763. The monoisotopic (exact) mass is 347 g/mol.